The molecular weight excluding hydrogens is 170 g/mol. The number of rotatable bonds is 10. The lowest BCUT2D eigenvalue weighted by Gasteiger charge is -2.15. The van der Waals surface area contributed by atoms with Crippen LogP contribution in [-0.4, -0.2) is 13.1 Å². The van der Waals surface area contributed by atoms with Crippen molar-refractivity contribution in [2.24, 2.45) is 0 Å². The van der Waals surface area contributed by atoms with E-state index in [2.05, 4.69) is 25.9 Å². The van der Waals surface area contributed by atoms with Gasteiger partial charge in [-0.05, 0) is 32.7 Å². The highest BCUT2D eigenvalue weighted by Crippen LogP contribution is 2.10. The third kappa shape index (κ3) is 8.31. The van der Waals surface area contributed by atoms with Crippen LogP contribution in [0.4, 0.5) is 0 Å². The number of hydrogen-bond acceptors (Lipinski definition) is 1. The van der Waals surface area contributed by atoms with E-state index in [1.54, 1.807) is 0 Å². The first-order chi connectivity index (χ1) is 6.85. The van der Waals surface area contributed by atoms with E-state index < -0.39 is 0 Å². The van der Waals surface area contributed by atoms with Crippen molar-refractivity contribution in [1.29, 1.82) is 0 Å². The Labute approximate surface area is 90.0 Å². The second kappa shape index (κ2) is 10.8. The van der Waals surface area contributed by atoms with Gasteiger partial charge in [-0.1, -0.05) is 38.7 Å². The number of hydrogen-bond donors (Lipinski definition) is 1. The summed E-state index contributed by atoms with van der Waals surface area (Å²) in [5, 5.41) is 3.40. The fourth-order valence-electron chi connectivity index (χ4n) is 1.76. The Kier molecular flexibility index (Phi) is 10.5. The number of nitrogens with one attached hydrogen (secondary N) is 1. The Morgan fingerprint density at radius 1 is 1.14 bits per heavy atom. The topological polar surface area (TPSA) is 12.0 Å². The van der Waals surface area contributed by atoms with E-state index in [0.29, 0.717) is 0 Å². The van der Waals surface area contributed by atoms with Crippen LogP contribution < -0.4 is 5.32 Å². The molecule has 0 bridgehead atoms. The van der Waals surface area contributed by atoms with Gasteiger partial charge in [-0.25, -0.2) is 0 Å². The number of unbranched alkanes of at least 4 members (excludes halogenated alkanes) is 4. The molecule has 0 aromatic carbocycles. The molecule has 1 heteroatoms. The maximum atomic E-state index is 3.75. The van der Waals surface area contributed by atoms with Gasteiger partial charge in [-0.2, -0.15) is 0 Å². The molecule has 84 valence electrons. The van der Waals surface area contributed by atoms with E-state index in [1.807, 2.05) is 6.08 Å². The largest absolute Gasteiger partial charge is 0.317 e. The van der Waals surface area contributed by atoms with E-state index in [9.17, 15) is 0 Å². The molecule has 0 aliphatic heterocycles. The van der Waals surface area contributed by atoms with Crippen molar-refractivity contribution in [3.05, 3.63) is 12.7 Å². The average molecular weight is 197 g/mol. The van der Waals surface area contributed by atoms with Gasteiger partial charge >= 0.3 is 0 Å². The third-order valence-electron chi connectivity index (χ3n) is 2.78. The van der Waals surface area contributed by atoms with Gasteiger partial charge in [-0.15, -0.1) is 6.58 Å². The standard InChI is InChI=1S/C13H27N/c1-4-6-8-10-12-13(14-3)11-9-7-5-2/h5,13-14H,2,4,6-12H2,1,3H3. The molecule has 0 saturated heterocycles. The fourth-order valence-corrected chi connectivity index (χ4v) is 1.76. The second-order valence-corrected chi connectivity index (χ2v) is 4.05. The molecule has 0 fully saturated rings. The Morgan fingerprint density at radius 2 is 1.86 bits per heavy atom. The molecule has 0 saturated carbocycles. The van der Waals surface area contributed by atoms with Crippen LogP contribution in [-0.2, 0) is 0 Å². The van der Waals surface area contributed by atoms with Gasteiger partial charge in [0.1, 0.15) is 0 Å². The SMILES string of the molecule is C=CCCCC(CCCCCC)NC. The molecule has 1 unspecified atom stereocenters. The van der Waals surface area contributed by atoms with E-state index >= 15 is 0 Å². The van der Waals surface area contributed by atoms with Gasteiger partial charge in [0.25, 0.3) is 0 Å². The minimum absolute atomic E-state index is 0.729. The minimum atomic E-state index is 0.729. The predicted molar refractivity (Wildman–Crippen MR) is 65.7 cm³/mol. The summed E-state index contributed by atoms with van der Waals surface area (Å²) < 4.78 is 0. The molecule has 0 radical (unpaired) electrons. The molecule has 0 rings (SSSR count). The lowest BCUT2D eigenvalue weighted by molar-refractivity contribution is 0.451. The quantitative estimate of drug-likeness (QED) is 0.414. The molecule has 14 heavy (non-hydrogen) atoms. The van der Waals surface area contributed by atoms with Gasteiger partial charge < -0.3 is 5.32 Å². The van der Waals surface area contributed by atoms with Crippen LogP contribution in [0.15, 0.2) is 12.7 Å². The van der Waals surface area contributed by atoms with Crippen molar-refractivity contribution in [3.63, 3.8) is 0 Å². The summed E-state index contributed by atoms with van der Waals surface area (Å²) >= 11 is 0. The van der Waals surface area contributed by atoms with E-state index in [0.717, 1.165) is 12.5 Å². The lowest BCUT2D eigenvalue weighted by Crippen LogP contribution is -2.24. The highest BCUT2D eigenvalue weighted by molar-refractivity contribution is 4.70. The Balaban J connectivity index is 3.33. The smallest absolute Gasteiger partial charge is 0.00641 e. The summed E-state index contributed by atoms with van der Waals surface area (Å²) in [6, 6.07) is 0.729. The lowest BCUT2D eigenvalue weighted by atomic mass is 10.0. The van der Waals surface area contributed by atoms with Crippen LogP contribution >= 0.6 is 0 Å². The molecule has 0 aliphatic carbocycles. The molecule has 0 amide bonds. The molecule has 1 nitrogen and oxygen atoms in total. The van der Waals surface area contributed by atoms with Crippen LogP contribution in [0.3, 0.4) is 0 Å². The highest BCUT2D eigenvalue weighted by Gasteiger charge is 2.04. The maximum absolute atomic E-state index is 3.75. The highest BCUT2D eigenvalue weighted by atomic mass is 14.9. The summed E-state index contributed by atoms with van der Waals surface area (Å²) in [5.41, 5.74) is 0. The maximum Gasteiger partial charge on any atom is 0.00641 e. The predicted octanol–water partition coefficient (Wildman–Crippen LogP) is 3.90. The number of allylic oxidation sites excluding steroid dienone is 1. The molecule has 0 aliphatic rings. The van der Waals surface area contributed by atoms with Gasteiger partial charge in [0, 0.05) is 6.04 Å². The van der Waals surface area contributed by atoms with E-state index in [1.165, 1.54) is 44.9 Å². The van der Waals surface area contributed by atoms with Crippen molar-refractivity contribution in [2.75, 3.05) is 7.05 Å². The summed E-state index contributed by atoms with van der Waals surface area (Å²) in [6.45, 7) is 6.01. The van der Waals surface area contributed by atoms with E-state index in [-0.39, 0.29) is 0 Å². The van der Waals surface area contributed by atoms with Crippen LogP contribution in [0.1, 0.15) is 58.3 Å². The molecule has 0 aromatic heterocycles. The van der Waals surface area contributed by atoms with Gasteiger partial charge in [-0.3, -0.25) is 0 Å². The average Bonchev–Trinajstić information content (AvgIpc) is 2.22. The second-order valence-electron chi connectivity index (χ2n) is 4.05. The zero-order chi connectivity index (χ0) is 10.6. The van der Waals surface area contributed by atoms with Crippen LogP contribution in [0.25, 0.3) is 0 Å². The Morgan fingerprint density at radius 3 is 2.43 bits per heavy atom. The molecule has 1 atom stereocenters. The van der Waals surface area contributed by atoms with Crippen molar-refractivity contribution in [3.8, 4) is 0 Å². The first kappa shape index (κ1) is 13.7. The first-order valence-electron chi connectivity index (χ1n) is 6.13. The van der Waals surface area contributed by atoms with Gasteiger partial charge in [0.15, 0.2) is 0 Å². The fraction of sp³-hybridized carbons (Fsp3) is 0.846. The van der Waals surface area contributed by atoms with Crippen molar-refractivity contribution < 1.29 is 0 Å². The Bertz CT molecular complexity index is 120. The zero-order valence-corrected chi connectivity index (χ0v) is 10.0. The van der Waals surface area contributed by atoms with E-state index in [4.69, 9.17) is 0 Å². The summed E-state index contributed by atoms with van der Waals surface area (Å²) in [6.07, 6.45) is 12.6. The normalized spacial score (nSPS) is 12.7. The molecule has 0 heterocycles. The summed E-state index contributed by atoms with van der Waals surface area (Å²) in [7, 11) is 2.08. The van der Waals surface area contributed by atoms with Gasteiger partial charge in [0.2, 0.25) is 0 Å². The summed E-state index contributed by atoms with van der Waals surface area (Å²) in [5.74, 6) is 0. The van der Waals surface area contributed by atoms with Crippen molar-refractivity contribution in [2.45, 2.75) is 64.3 Å². The van der Waals surface area contributed by atoms with Gasteiger partial charge in [0.05, 0.1) is 0 Å². The first-order valence-corrected chi connectivity index (χ1v) is 6.13. The van der Waals surface area contributed by atoms with Crippen molar-refractivity contribution in [1.82, 2.24) is 5.32 Å². The zero-order valence-electron chi connectivity index (χ0n) is 10.0. The molecule has 0 aromatic rings. The van der Waals surface area contributed by atoms with Crippen LogP contribution in [0.5, 0.6) is 0 Å². The summed E-state index contributed by atoms with van der Waals surface area (Å²) in [4.78, 5) is 0. The molecule has 1 N–H and O–H groups in total. The van der Waals surface area contributed by atoms with Crippen molar-refractivity contribution >= 4 is 0 Å². The minimum Gasteiger partial charge on any atom is -0.317 e. The third-order valence-corrected chi connectivity index (χ3v) is 2.78. The monoisotopic (exact) mass is 197 g/mol. The molecule has 0 spiro atoms. The Hall–Kier alpha value is -0.300. The van der Waals surface area contributed by atoms with Crippen LogP contribution in [0.2, 0.25) is 0 Å². The molecular formula is C13H27N. The van der Waals surface area contributed by atoms with Crippen LogP contribution in [0, 0.1) is 0 Å².